The van der Waals surface area contributed by atoms with Crippen molar-refractivity contribution in [2.24, 2.45) is 0 Å². The van der Waals surface area contributed by atoms with Crippen LogP contribution in [0, 0.1) is 0 Å². The summed E-state index contributed by atoms with van der Waals surface area (Å²) in [4.78, 5) is 27.9. The molecule has 1 aliphatic rings. The van der Waals surface area contributed by atoms with Crippen LogP contribution < -0.4 is 10.2 Å². The molecule has 5 heteroatoms. The van der Waals surface area contributed by atoms with E-state index in [-0.39, 0.29) is 22.5 Å². The second kappa shape index (κ2) is 8.22. The van der Waals surface area contributed by atoms with Gasteiger partial charge in [0.05, 0.1) is 5.39 Å². The molecule has 0 bridgehead atoms. The van der Waals surface area contributed by atoms with Crippen LogP contribution in [0.2, 0.25) is 0 Å². The summed E-state index contributed by atoms with van der Waals surface area (Å²) in [5.74, 6) is 0.339. The van der Waals surface area contributed by atoms with E-state index in [9.17, 15) is 9.59 Å². The third-order valence-electron chi connectivity index (χ3n) is 5.83. The molecule has 0 spiro atoms. The van der Waals surface area contributed by atoms with Crippen molar-refractivity contribution < 1.29 is 13.9 Å². The number of hydrogen-bond acceptors (Lipinski definition) is 4. The lowest BCUT2D eigenvalue weighted by Crippen LogP contribution is -2.39. The zero-order valence-corrected chi connectivity index (χ0v) is 18.6. The number of carbonyl (C=O) groups excluding carboxylic acids is 1. The lowest BCUT2D eigenvalue weighted by molar-refractivity contribution is -0.136. The normalized spacial score (nSPS) is 15.3. The number of likely N-dealkylation sites (tertiary alicyclic amines) is 1. The highest BCUT2D eigenvalue weighted by molar-refractivity contribution is 5.84. The first-order chi connectivity index (χ1) is 14.8. The molecule has 5 nitrogen and oxygen atoms in total. The molecule has 1 atom stereocenters. The Bertz CT molecular complexity index is 1150. The molecule has 0 aliphatic carbocycles. The molecule has 4 rings (SSSR count). The molecule has 3 aromatic rings. The average Bonchev–Trinajstić information content (AvgIpc) is 3.29. The van der Waals surface area contributed by atoms with Crippen molar-refractivity contribution in [1.29, 1.82) is 0 Å². The molecule has 31 heavy (non-hydrogen) atoms. The first-order valence-corrected chi connectivity index (χ1v) is 10.9. The van der Waals surface area contributed by atoms with Gasteiger partial charge in [0.25, 0.3) is 5.91 Å². The van der Waals surface area contributed by atoms with E-state index in [1.165, 1.54) is 5.56 Å². The van der Waals surface area contributed by atoms with Gasteiger partial charge in [-0.1, -0.05) is 57.2 Å². The highest BCUT2D eigenvalue weighted by atomic mass is 16.5. The zero-order valence-electron chi connectivity index (χ0n) is 18.6. The van der Waals surface area contributed by atoms with Crippen LogP contribution in [0.5, 0.6) is 5.75 Å². The molecule has 162 valence electrons. The Labute approximate surface area is 182 Å². The number of para-hydroxylation sites is 1. The number of rotatable bonds is 4. The van der Waals surface area contributed by atoms with Gasteiger partial charge in [0.1, 0.15) is 5.58 Å². The predicted molar refractivity (Wildman–Crippen MR) is 123 cm³/mol. The van der Waals surface area contributed by atoms with Crippen molar-refractivity contribution in [3.8, 4) is 17.1 Å². The molecule has 1 amide bonds. The largest absolute Gasteiger partial charge is 0.473 e. The SMILES string of the molecule is CC(Oc1c(-c2ccc(C(C)(C)C)cc2)oc2ccccc2c1=O)C(=O)N1CCCC1. The van der Waals surface area contributed by atoms with Gasteiger partial charge in [-0.25, -0.2) is 0 Å². The molecule has 1 aromatic heterocycles. The number of amides is 1. The Balaban J connectivity index is 1.78. The summed E-state index contributed by atoms with van der Waals surface area (Å²) in [6.45, 7) is 9.62. The first-order valence-electron chi connectivity index (χ1n) is 10.9. The first kappa shape index (κ1) is 21.2. The van der Waals surface area contributed by atoms with Gasteiger partial charge in [0.2, 0.25) is 11.2 Å². The Morgan fingerprint density at radius 3 is 2.32 bits per heavy atom. The van der Waals surface area contributed by atoms with Crippen LogP contribution in [0.15, 0.2) is 57.7 Å². The predicted octanol–water partition coefficient (Wildman–Crippen LogP) is 5.15. The van der Waals surface area contributed by atoms with Crippen molar-refractivity contribution in [3.63, 3.8) is 0 Å². The lowest BCUT2D eigenvalue weighted by atomic mass is 9.86. The fourth-order valence-corrected chi connectivity index (χ4v) is 3.97. The summed E-state index contributed by atoms with van der Waals surface area (Å²) >= 11 is 0. The van der Waals surface area contributed by atoms with Crippen molar-refractivity contribution >= 4 is 16.9 Å². The molecule has 2 heterocycles. The van der Waals surface area contributed by atoms with Gasteiger partial charge < -0.3 is 14.1 Å². The molecule has 2 aromatic carbocycles. The molecule has 0 radical (unpaired) electrons. The number of carbonyl (C=O) groups is 1. The summed E-state index contributed by atoms with van der Waals surface area (Å²) in [7, 11) is 0. The fourth-order valence-electron chi connectivity index (χ4n) is 3.97. The number of nitrogens with zero attached hydrogens (tertiary/aromatic N) is 1. The van der Waals surface area contributed by atoms with Crippen LogP contribution in [-0.4, -0.2) is 30.0 Å². The van der Waals surface area contributed by atoms with E-state index in [0.717, 1.165) is 31.5 Å². The third-order valence-corrected chi connectivity index (χ3v) is 5.83. The maximum absolute atomic E-state index is 13.3. The van der Waals surface area contributed by atoms with Gasteiger partial charge >= 0.3 is 0 Å². The van der Waals surface area contributed by atoms with Crippen LogP contribution in [0.25, 0.3) is 22.3 Å². The third kappa shape index (κ3) is 4.22. The monoisotopic (exact) mass is 419 g/mol. The van der Waals surface area contributed by atoms with E-state index in [0.29, 0.717) is 16.7 Å². The highest BCUT2D eigenvalue weighted by Gasteiger charge is 2.27. The molecule has 1 unspecified atom stereocenters. The number of fused-ring (bicyclic) bond motifs is 1. The summed E-state index contributed by atoms with van der Waals surface area (Å²) < 4.78 is 12.2. The van der Waals surface area contributed by atoms with Crippen molar-refractivity contribution in [2.45, 2.75) is 52.1 Å². The average molecular weight is 420 g/mol. The molecular weight excluding hydrogens is 390 g/mol. The van der Waals surface area contributed by atoms with E-state index in [4.69, 9.17) is 9.15 Å². The zero-order chi connectivity index (χ0) is 22.2. The molecule has 1 fully saturated rings. The summed E-state index contributed by atoms with van der Waals surface area (Å²) in [5.41, 5.74) is 2.16. The van der Waals surface area contributed by atoms with Crippen LogP contribution >= 0.6 is 0 Å². The highest BCUT2D eigenvalue weighted by Crippen LogP contribution is 2.33. The minimum atomic E-state index is -0.769. The molecular formula is C26H29NO4. The van der Waals surface area contributed by atoms with E-state index in [1.807, 2.05) is 30.3 Å². The van der Waals surface area contributed by atoms with Gasteiger partial charge in [0.15, 0.2) is 11.9 Å². The standard InChI is InChI=1S/C26H29NO4/c1-17(25(29)27-15-7-8-16-27)30-24-22(28)20-9-5-6-10-21(20)31-23(24)18-11-13-19(14-12-18)26(2,3)4/h5-6,9-14,17H,7-8,15-16H2,1-4H3. The Morgan fingerprint density at radius 1 is 1.03 bits per heavy atom. The number of hydrogen-bond donors (Lipinski definition) is 0. The van der Waals surface area contributed by atoms with Gasteiger partial charge in [0, 0.05) is 18.7 Å². The molecule has 0 N–H and O–H groups in total. The maximum Gasteiger partial charge on any atom is 0.263 e. The number of ether oxygens (including phenoxy) is 1. The van der Waals surface area contributed by atoms with E-state index >= 15 is 0 Å². The van der Waals surface area contributed by atoms with Crippen LogP contribution in [0.3, 0.4) is 0 Å². The topological polar surface area (TPSA) is 59.8 Å². The Kier molecular flexibility index (Phi) is 5.61. The maximum atomic E-state index is 13.3. The Morgan fingerprint density at radius 2 is 1.68 bits per heavy atom. The van der Waals surface area contributed by atoms with Gasteiger partial charge in [-0.15, -0.1) is 0 Å². The summed E-state index contributed by atoms with van der Waals surface area (Å²) in [5, 5.41) is 0.438. The van der Waals surface area contributed by atoms with Crippen LogP contribution in [0.1, 0.15) is 46.1 Å². The van der Waals surface area contributed by atoms with Crippen molar-refractivity contribution in [1.82, 2.24) is 4.90 Å². The van der Waals surface area contributed by atoms with Crippen LogP contribution in [0.4, 0.5) is 0 Å². The van der Waals surface area contributed by atoms with E-state index in [1.54, 1.807) is 30.0 Å². The second-order valence-corrected chi connectivity index (χ2v) is 9.21. The quantitative estimate of drug-likeness (QED) is 0.587. The number of benzene rings is 2. The van der Waals surface area contributed by atoms with Crippen LogP contribution in [-0.2, 0) is 10.2 Å². The van der Waals surface area contributed by atoms with Crippen molar-refractivity contribution in [3.05, 3.63) is 64.3 Å². The second-order valence-electron chi connectivity index (χ2n) is 9.21. The smallest absolute Gasteiger partial charge is 0.263 e. The minimum absolute atomic E-state index is 0.0126. The summed E-state index contributed by atoms with van der Waals surface area (Å²) in [6, 6.07) is 15.1. The van der Waals surface area contributed by atoms with Gasteiger partial charge in [-0.2, -0.15) is 0 Å². The Hall–Kier alpha value is -3.08. The molecule has 1 saturated heterocycles. The molecule has 0 saturated carbocycles. The summed E-state index contributed by atoms with van der Waals surface area (Å²) in [6.07, 6.45) is 1.24. The lowest BCUT2D eigenvalue weighted by Gasteiger charge is -2.22. The van der Waals surface area contributed by atoms with Gasteiger partial charge in [-0.05, 0) is 42.9 Å². The minimum Gasteiger partial charge on any atom is -0.473 e. The van der Waals surface area contributed by atoms with E-state index < -0.39 is 6.10 Å². The molecule has 1 aliphatic heterocycles. The fraction of sp³-hybridized carbons (Fsp3) is 0.385. The van der Waals surface area contributed by atoms with Gasteiger partial charge in [-0.3, -0.25) is 9.59 Å². The van der Waals surface area contributed by atoms with Crippen molar-refractivity contribution in [2.75, 3.05) is 13.1 Å². The van der Waals surface area contributed by atoms with E-state index in [2.05, 4.69) is 20.8 Å².